The summed E-state index contributed by atoms with van der Waals surface area (Å²) in [6, 6.07) is 0.0385. The standard InChI is InChI=1S/C12H24N2O2/c1-14(9-5-2-6-10-15)12(16)11-7-3-4-8-13-11/h11,13,15H,2-10H2,1H3. The fourth-order valence-electron chi connectivity index (χ4n) is 2.08. The van der Waals surface area contributed by atoms with Gasteiger partial charge in [0, 0.05) is 20.2 Å². The highest BCUT2D eigenvalue weighted by atomic mass is 16.2. The van der Waals surface area contributed by atoms with Crippen molar-refractivity contribution < 1.29 is 9.90 Å². The maximum atomic E-state index is 12.0. The zero-order valence-electron chi connectivity index (χ0n) is 10.2. The predicted octanol–water partition coefficient (Wildman–Crippen LogP) is 0.749. The molecule has 0 aliphatic carbocycles. The summed E-state index contributed by atoms with van der Waals surface area (Å²) in [5, 5.41) is 11.9. The number of hydrogen-bond donors (Lipinski definition) is 2. The van der Waals surface area contributed by atoms with Crippen molar-refractivity contribution in [2.24, 2.45) is 0 Å². The summed E-state index contributed by atoms with van der Waals surface area (Å²) >= 11 is 0. The number of aliphatic hydroxyl groups is 1. The highest BCUT2D eigenvalue weighted by Gasteiger charge is 2.22. The van der Waals surface area contributed by atoms with Gasteiger partial charge in [0.2, 0.25) is 5.91 Å². The van der Waals surface area contributed by atoms with Crippen molar-refractivity contribution >= 4 is 5.91 Å². The average Bonchev–Trinajstić information content (AvgIpc) is 2.34. The maximum absolute atomic E-state index is 12.0. The molecule has 1 aliphatic rings. The average molecular weight is 228 g/mol. The highest BCUT2D eigenvalue weighted by Crippen LogP contribution is 2.09. The van der Waals surface area contributed by atoms with E-state index in [1.165, 1.54) is 6.42 Å². The van der Waals surface area contributed by atoms with E-state index in [0.29, 0.717) is 0 Å². The van der Waals surface area contributed by atoms with Gasteiger partial charge >= 0.3 is 0 Å². The Morgan fingerprint density at radius 2 is 2.19 bits per heavy atom. The van der Waals surface area contributed by atoms with Crippen LogP contribution in [0, 0.1) is 0 Å². The number of aliphatic hydroxyl groups excluding tert-OH is 1. The van der Waals surface area contributed by atoms with Gasteiger partial charge in [-0.3, -0.25) is 4.79 Å². The Labute approximate surface area is 98.0 Å². The number of piperidine rings is 1. The first kappa shape index (κ1) is 13.5. The van der Waals surface area contributed by atoms with Crippen LogP contribution in [-0.2, 0) is 4.79 Å². The lowest BCUT2D eigenvalue weighted by atomic mass is 10.0. The Bertz CT molecular complexity index is 203. The van der Waals surface area contributed by atoms with E-state index in [1.54, 1.807) is 0 Å². The molecular weight excluding hydrogens is 204 g/mol. The van der Waals surface area contributed by atoms with E-state index in [-0.39, 0.29) is 18.6 Å². The normalized spacial score (nSPS) is 20.8. The molecule has 0 spiro atoms. The van der Waals surface area contributed by atoms with Crippen LogP contribution in [0.2, 0.25) is 0 Å². The zero-order chi connectivity index (χ0) is 11.8. The van der Waals surface area contributed by atoms with Crippen molar-refractivity contribution in [2.75, 3.05) is 26.7 Å². The molecule has 4 heteroatoms. The molecule has 0 bridgehead atoms. The molecule has 1 heterocycles. The zero-order valence-corrected chi connectivity index (χ0v) is 10.2. The van der Waals surface area contributed by atoms with Gasteiger partial charge in [-0.2, -0.15) is 0 Å². The van der Waals surface area contributed by atoms with Crippen LogP contribution < -0.4 is 5.32 Å². The van der Waals surface area contributed by atoms with Gasteiger partial charge in [0.25, 0.3) is 0 Å². The van der Waals surface area contributed by atoms with Crippen LogP contribution in [0.25, 0.3) is 0 Å². The van der Waals surface area contributed by atoms with E-state index in [1.807, 2.05) is 11.9 Å². The van der Waals surface area contributed by atoms with Gasteiger partial charge in [0.05, 0.1) is 6.04 Å². The predicted molar refractivity (Wildman–Crippen MR) is 64.2 cm³/mol. The van der Waals surface area contributed by atoms with Gasteiger partial charge < -0.3 is 15.3 Å². The Kier molecular flexibility index (Phi) is 6.42. The van der Waals surface area contributed by atoms with Crippen molar-refractivity contribution in [2.45, 2.75) is 44.6 Å². The van der Waals surface area contributed by atoms with Crippen LogP contribution in [-0.4, -0.2) is 48.7 Å². The first-order valence-electron chi connectivity index (χ1n) is 6.35. The van der Waals surface area contributed by atoms with Crippen molar-refractivity contribution in [1.82, 2.24) is 10.2 Å². The molecule has 94 valence electrons. The van der Waals surface area contributed by atoms with Crippen LogP contribution >= 0.6 is 0 Å². The second-order valence-corrected chi connectivity index (χ2v) is 4.55. The minimum Gasteiger partial charge on any atom is -0.396 e. The lowest BCUT2D eigenvalue weighted by Crippen LogP contribution is -2.47. The molecule has 0 aromatic rings. The lowest BCUT2D eigenvalue weighted by Gasteiger charge is -2.27. The van der Waals surface area contributed by atoms with Gasteiger partial charge in [0.1, 0.15) is 0 Å². The van der Waals surface area contributed by atoms with Gasteiger partial charge in [-0.25, -0.2) is 0 Å². The minimum absolute atomic E-state index is 0.0385. The van der Waals surface area contributed by atoms with Gasteiger partial charge in [-0.05, 0) is 38.6 Å². The third kappa shape index (κ3) is 4.49. The van der Waals surface area contributed by atoms with E-state index in [2.05, 4.69) is 5.32 Å². The highest BCUT2D eigenvalue weighted by molar-refractivity contribution is 5.81. The van der Waals surface area contributed by atoms with E-state index >= 15 is 0 Å². The Balaban J connectivity index is 2.18. The summed E-state index contributed by atoms with van der Waals surface area (Å²) in [4.78, 5) is 13.8. The molecule has 0 radical (unpaired) electrons. The van der Waals surface area contributed by atoms with E-state index in [9.17, 15) is 4.79 Å². The van der Waals surface area contributed by atoms with Crippen LogP contribution in [0.15, 0.2) is 0 Å². The van der Waals surface area contributed by atoms with Gasteiger partial charge in [-0.1, -0.05) is 6.42 Å². The van der Waals surface area contributed by atoms with E-state index < -0.39 is 0 Å². The molecule has 16 heavy (non-hydrogen) atoms. The smallest absolute Gasteiger partial charge is 0.239 e. The molecule has 1 fully saturated rings. The van der Waals surface area contributed by atoms with Crippen molar-refractivity contribution in [1.29, 1.82) is 0 Å². The summed E-state index contributed by atoms with van der Waals surface area (Å²) in [7, 11) is 1.87. The van der Waals surface area contributed by atoms with E-state index in [0.717, 1.165) is 45.2 Å². The summed E-state index contributed by atoms with van der Waals surface area (Å²) in [5.41, 5.74) is 0. The molecule has 1 amide bonds. The second-order valence-electron chi connectivity index (χ2n) is 4.55. The summed E-state index contributed by atoms with van der Waals surface area (Å²) < 4.78 is 0. The molecule has 1 unspecified atom stereocenters. The molecule has 0 aromatic heterocycles. The minimum atomic E-state index is 0.0385. The topological polar surface area (TPSA) is 52.6 Å². The molecule has 1 saturated heterocycles. The van der Waals surface area contributed by atoms with Crippen LogP contribution in [0.5, 0.6) is 0 Å². The summed E-state index contributed by atoms with van der Waals surface area (Å²) in [5.74, 6) is 0.226. The number of amides is 1. The molecule has 4 nitrogen and oxygen atoms in total. The maximum Gasteiger partial charge on any atom is 0.239 e. The van der Waals surface area contributed by atoms with Crippen molar-refractivity contribution in [3.8, 4) is 0 Å². The third-order valence-electron chi connectivity index (χ3n) is 3.14. The SMILES string of the molecule is CN(CCCCCO)C(=O)C1CCCCN1. The molecule has 1 atom stereocenters. The molecule has 1 aliphatic heterocycles. The number of nitrogens with zero attached hydrogens (tertiary/aromatic N) is 1. The van der Waals surface area contributed by atoms with Crippen LogP contribution in [0.1, 0.15) is 38.5 Å². The summed E-state index contributed by atoms with van der Waals surface area (Å²) in [6.07, 6.45) is 6.12. The first-order chi connectivity index (χ1) is 7.75. The third-order valence-corrected chi connectivity index (χ3v) is 3.14. The number of carbonyl (C=O) groups is 1. The van der Waals surface area contributed by atoms with Gasteiger partial charge in [-0.15, -0.1) is 0 Å². The number of hydrogen-bond acceptors (Lipinski definition) is 3. The number of carbonyl (C=O) groups excluding carboxylic acids is 1. The second kappa shape index (κ2) is 7.63. The number of nitrogens with one attached hydrogen (secondary N) is 1. The summed E-state index contributed by atoms with van der Waals surface area (Å²) in [6.45, 7) is 2.02. The molecule has 1 rings (SSSR count). The Hall–Kier alpha value is -0.610. The Morgan fingerprint density at radius 3 is 2.81 bits per heavy atom. The van der Waals surface area contributed by atoms with Crippen LogP contribution in [0.3, 0.4) is 0 Å². The number of rotatable bonds is 6. The largest absolute Gasteiger partial charge is 0.396 e. The van der Waals surface area contributed by atoms with Crippen molar-refractivity contribution in [3.63, 3.8) is 0 Å². The first-order valence-corrected chi connectivity index (χ1v) is 6.35. The van der Waals surface area contributed by atoms with E-state index in [4.69, 9.17) is 5.11 Å². The molecular formula is C12H24N2O2. The number of unbranched alkanes of at least 4 members (excludes halogenated alkanes) is 2. The lowest BCUT2D eigenvalue weighted by molar-refractivity contribution is -0.132. The quantitative estimate of drug-likeness (QED) is 0.660. The number of likely N-dealkylation sites (N-methyl/N-ethyl adjacent to an activating group) is 1. The van der Waals surface area contributed by atoms with Crippen molar-refractivity contribution in [3.05, 3.63) is 0 Å². The monoisotopic (exact) mass is 228 g/mol. The van der Waals surface area contributed by atoms with Crippen LogP contribution in [0.4, 0.5) is 0 Å². The Morgan fingerprint density at radius 1 is 1.38 bits per heavy atom. The van der Waals surface area contributed by atoms with Gasteiger partial charge in [0.15, 0.2) is 0 Å². The fraction of sp³-hybridized carbons (Fsp3) is 0.917. The molecule has 0 saturated carbocycles. The molecule has 2 N–H and O–H groups in total. The molecule has 0 aromatic carbocycles. The fourth-order valence-corrected chi connectivity index (χ4v) is 2.08.